The van der Waals surface area contributed by atoms with Gasteiger partial charge in [0.2, 0.25) is 11.8 Å². The largest absolute Gasteiger partial charge is 0.461 e. The molecule has 0 radical (unpaired) electrons. The minimum absolute atomic E-state index is 0.00892. The Hall–Kier alpha value is -3.21. The van der Waals surface area contributed by atoms with Gasteiger partial charge in [-0.15, -0.1) is 0 Å². The van der Waals surface area contributed by atoms with E-state index in [1.54, 1.807) is 4.90 Å². The first-order valence-electron chi connectivity index (χ1n) is 10.1. The second-order valence-corrected chi connectivity index (χ2v) is 8.04. The topological polar surface area (TPSA) is 106 Å². The number of aromatic nitrogens is 2. The van der Waals surface area contributed by atoms with Crippen LogP contribution in [0.1, 0.15) is 30.3 Å². The first-order chi connectivity index (χ1) is 15.1. The summed E-state index contributed by atoms with van der Waals surface area (Å²) in [6.07, 6.45) is -1.84. The van der Waals surface area contributed by atoms with E-state index < -0.39 is 17.9 Å². The Kier molecular flexibility index (Phi) is 5.76. The average molecular weight is 449 g/mol. The van der Waals surface area contributed by atoms with Crippen LogP contribution >= 0.6 is 0 Å². The van der Waals surface area contributed by atoms with Gasteiger partial charge in [-0.2, -0.15) is 13.2 Å². The van der Waals surface area contributed by atoms with E-state index in [2.05, 4.69) is 9.97 Å². The zero-order valence-electron chi connectivity index (χ0n) is 17.4. The van der Waals surface area contributed by atoms with Crippen LogP contribution in [0.5, 0.6) is 0 Å². The van der Waals surface area contributed by atoms with Crippen LogP contribution in [0, 0.1) is 0 Å². The third-order valence-corrected chi connectivity index (χ3v) is 5.44. The van der Waals surface area contributed by atoms with Gasteiger partial charge in [-0.05, 0) is 31.1 Å². The summed E-state index contributed by atoms with van der Waals surface area (Å²) in [6.45, 7) is 2.57. The fourth-order valence-corrected chi connectivity index (χ4v) is 3.98. The molecule has 2 aliphatic heterocycles. The number of alkyl halides is 3. The Labute approximate surface area is 181 Å². The van der Waals surface area contributed by atoms with E-state index in [1.165, 1.54) is 29.4 Å². The van der Waals surface area contributed by atoms with Crippen LogP contribution in [0.2, 0.25) is 0 Å². The summed E-state index contributed by atoms with van der Waals surface area (Å²) >= 11 is 0. The fraction of sp³-hybridized carbons (Fsp3) is 0.429. The first kappa shape index (κ1) is 22.0. The van der Waals surface area contributed by atoms with Crippen LogP contribution in [0.25, 0.3) is 11.6 Å². The van der Waals surface area contributed by atoms with E-state index in [1.807, 2.05) is 6.92 Å². The van der Waals surface area contributed by atoms with Crippen LogP contribution in [0.15, 0.2) is 34.5 Å². The zero-order chi connectivity index (χ0) is 23.0. The maximum Gasteiger partial charge on any atom is 0.433 e. The minimum atomic E-state index is -4.66. The molecule has 0 saturated carbocycles. The van der Waals surface area contributed by atoms with Gasteiger partial charge in [-0.3, -0.25) is 9.59 Å². The fourth-order valence-electron chi connectivity index (χ4n) is 3.98. The summed E-state index contributed by atoms with van der Waals surface area (Å²) in [5.74, 6) is -0.504. The number of furan rings is 1. The number of carbonyl (C=O) groups is 2. The number of carbonyl (C=O) groups excluding carboxylic acids is 2. The van der Waals surface area contributed by atoms with Crippen molar-refractivity contribution in [3.05, 3.63) is 47.0 Å². The van der Waals surface area contributed by atoms with Crippen molar-refractivity contribution in [1.82, 2.24) is 19.8 Å². The predicted octanol–water partition coefficient (Wildman–Crippen LogP) is 2.15. The summed E-state index contributed by atoms with van der Waals surface area (Å²) in [6, 6.07) is 2.43. The Bertz CT molecular complexity index is 1070. The van der Waals surface area contributed by atoms with Crippen molar-refractivity contribution in [3.63, 3.8) is 0 Å². The lowest BCUT2D eigenvalue weighted by atomic mass is 10.0. The molecular weight excluding hydrogens is 427 g/mol. The molecule has 4 rings (SSSR count). The summed E-state index contributed by atoms with van der Waals surface area (Å²) in [5, 5.41) is 0. The van der Waals surface area contributed by atoms with E-state index in [9.17, 15) is 22.8 Å². The molecule has 0 aliphatic carbocycles. The summed E-state index contributed by atoms with van der Waals surface area (Å²) in [7, 11) is 0. The number of fused-ring (bicyclic) bond motifs is 1. The lowest BCUT2D eigenvalue weighted by Gasteiger charge is -2.31. The highest BCUT2D eigenvalue weighted by molar-refractivity contribution is 5.91. The van der Waals surface area contributed by atoms with Gasteiger partial charge in [0, 0.05) is 43.7 Å². The van der Waals surface area contributed by atoms with Crippen molar-refractivity contribution < 1.29 is 27.2 Å². The zero-order valence-corrected chi connectivity index (χ0v) is 17.4. The van der Waals surface area contributed by atoms with Crippen molar-refractivity contribution in [1.29, 1.82) is 0 Å². The first-order valence-corrected chi connectivity index (χ1v) is 10.1. The van der Waals surface area contributed by atoms with Crippen LogP contribution in [-0.2, 0) is 28.7 Å². The number of nitrogens with two attached hydrogens (primary N) is 1. The van der Waals surface area contributed by atoms with Crippen LogP contribution in [0.3, 0.4) is 0 Å². The molecule has 0 fully saturated rings. The van der Waals surface area contributed by atoms with Crippen molar-refractivity contribution in [2.45, 2.75) is 38.5 Å². The average Bonchev–Trinajstić information content (AvgIpc) is 3.35. The number of nitrogens with zero attached hydrogens (tertiary/aromatic N) is 4. The molecular formula is C21H22F3N5O3. The Morgan fingerprint density at radius 1 is 1.31 bits per heavy atom. The smallest absolute Gasteiger partial charge is 0.433 e. The Morgan fingerprint density at radius 2 is 2.09 bits per heavy atom. The molecule has 11 heteroatoms. The maximum atomic E-state index is 13.6. The highest BCUT2D eigenvalue weighted by Crippen LogP contribution is 2.35. The quantitative estimate of drug-likeness (QED) is 0.750. The highest BCUT2D eigenvalue weighted by atomic mass is 19.4. The molecule has 0 aromatic carbocycles. The lowest BCUT2D eigenvalue weighted by molar-refractivity contribution is -0.142. The second kappa shape index (κ2) is 8.38. The van der Waals surface area contributed by atoms with E-state index in [0.717, 1.165) is 5.57 Å². The van der Waals surface area contributed by atoms with Gasteiger partial charge >= 0.3 is 6.18 Å². The van der Waals surface area contributed by atoms with Gasteiger partial charge in [0.15, 0.2) is 17.3 Å². The molecule has 2 amide bonds. The Balaban J connectivity index is 1.49. The van der Waals surface area contributed by atoms with Gasteiger partial charge in [0.05, 0.1) is 18.5 Å². The number of hydrogen-bond donors (Lipinski definition) is 1. The van der Waals surface area contributed by atoms with Crippen LogP contribution in [0.4, 0.5) is 13.2 Å². The summed E-state index contributed by atoms with van der Waals surface area (Å²) in [5.41, 5.74) is 6.13. The molecule has 2 aromatic heterocycles. The van der Waals surface area contributed by atoms with Crippen molar-refractivity contribution >= 4 is 11.8 Å². The van der Waals surface area contributed by atoms with E-state index in [0.29, 0.717) is 6.54 Å². The third-order valence-electron chi connectivity index (χ3n) is 5.44. The molecule has 0 unspecified atom stereocenters. The van der Waals surface area contributed by atoms with E-state index >= 15 is 0 Å². The van der Waals surface area contributed by atoms with Crippen LogP contribution < -0.4 is 5.73 Å². The standard InChI is InChI=1S/C21H22F3N5O3/c1-12-7-17(30)29(9-12)10-13(25)8-18(31)28-5-4-14-15(11-28)26-20(16-3-2-6-32-16)27-19(14)21(22,23)24/h2-3,6-7,13H,4-5,8-11,25H2,1H3/t13-/m0/s1. The molecule has 4 heterocycles. The van der Waals surface area contributed by atoms with E-state index in [-0.39, 0.29) is 67.1 Å². The van der Waals surface area contributed by atoms with Crippen molar-refractivity contribution in [2.75, 3.05) is 19.6 Å². The summed E-state index contributed by atoms with van der Waals surface area (Å²) < 4.78 is 46.0. The van der Waals surface area contributed by atoms with Gasteiger partial charge in [-0.1, -0.05) is 0 Å². The monoisotopic (exact) mass is 449 g/mol. The number of rotatable bonds is 5. The number of hydrogen-bond acceptors (Lipinski definition) is 6. The third kappa shape index (κ3) is 4.52. The maximum absolute atomic E-state index is 13.6. The normalized spacial score (nSPS) is 17.4. The number of halogens is 3. The van der Waals surface area contributed by atoms with Gasteiger partial charge in [-0.25, -0.2) is 9.97 Å². The van der Waals surface area contributed by atoms with Crippen molar-refractivity contribution in [2.24, 2.45) is 5.73 Å². The molecule has 2 aliphatic rings. The molecule has 8 nitrogen and oxygen atoms in total. The highest BCUT2D eigenvalue weighted by Gasteiger charge is 2.39. The van der Waals surface area contributed by atoms with Gasteiger partial charge in [0.25, 0.3) is 0 Å². The molecule has 0 spiro atoms. The van der Waals surface area contributed by atoms with Gasteiger partial charge in [0.1, 0.15) is 0 Å². The van der Waals surface area contributed by atoms with Gasteiger partial charge < -0.3 is 20.0 Å². The van der Waals surface area contributed by atoms with Crippen molar-refractivity contribution in [3.8, 4) is 11.6 Å². The molecule has 32 heavy (non-hydrogen) atoms. The molecule has 0 saturated heterocycles. The molecule has 2 aromatic rings. The minimum Gasteiger partial charge on any atom is -0.461 e. The molecule has 1 atom stereocenters. The SMILES string of the molecule is CC1=CC(=O)N(C[C@@H](N)CC(=O)N2CCc3c(nc(-c4ccco4)nc3C(F)(F)F)C2)C1. The lowest BCUT2D eigenvalue weighted by Crippen LogP contribution is -2.44. The molecule has 0 bridgehead atoms. The van der Waals surface area contributed by atoms with E-state index in [4.69, 9.17) is 10.2 Å². The predicted molar refractivity (Wildman–Crippen MR) is 107 cm³/mol. The molecule has 170 valence electrons. The number of amides is 2. The molecule has 2 N–H and O–H groups in total. The summed E-state index contributed by atoms with van der Waals surface area (Å²) in [4.78, 5) is 35.6. The Morgan fingerprint density at radius 3 is 2.72 bits per heavy atom. The second-order valence-electron chi connectivity index (χ2n) is 8.04. The van der Waals surface area contributed by atoms with Crippen LogP contribution in [-0.4, -0.2) is 57.3 Å².